The molecule has 0 unspecified atom stereocenters. The normalized spacial score (nSPS) is 11.2. The zero-order valence-electron chi connectivity index (χ0n) is 10.4. The molecule has 0 aliphatic rings. The number of aryl methyl sites for hydroxylation is 1. The summed E-state index contributed by atoms with van der Waals surface area (Å²) in [5.74, 6) is -0.00535. The van der Waals surface area contributed by atoms with Crippen LogP contribution in [0.2, 0.25) is 0 Å². The van der Waals surface area contributed by atoms with E-state index in [2.05, 4.69) is 10.0 Å². The topological polar surface area (TPSA) is 84.2 Å². The summed E-state index contributed by atoms with van der Waals surface area (Å²) in [6, 6.07) is 5.58. The molecular formula is C11H17N3O2S2. The molecule has 1 rings (SSSR count). The van der Waals surface area contributed by atoms with Crippen molar-refractivity contribution >= 4 is 32.9 Å². The van der Waals surface area contributed by atoms with Crippen LogP contribution in [0.4, 0.5) is 5.69 Å². The standard InChI is InChI=1S/C11H17N3O2S2/c1-8-4-3-5-9(11(12)17)10(8)14-6-7-18(15,16)13-2/h3-5,13-14H,6-7H2,1-2H3,(H2,12,17). The first kappa shape index (κ1) is 14.9. The first-order valence-electron chi connectivity index (χ1n) is 5.42. The van der Waals surface area contributed by atoms with Gasteiger partial charge < -0.3 is 11.1 Å². The van der Waals surface area contributed by atoms with Crippen LogP contribution in [0.15, 0.2) is 18.2 Å². The Balaban J connectivity index is 2.82. The Labute approximate surface area is 113 Å². The number of sulfonamides is 1. The van der Waals surface area contributed by atoms with E-state index >= 15 is 0 Å². The smallest absolute Gasteiger partial charge is 0.213 e. The molecule has 0 aliphatic heterocycles. The van der Waals surface area contributed by atoms with Gasteiger partial charge in [0.2, 0.25) is 10.0 Å². The second kappa shape index (κ2) is 6.12. The third-order valence-corrected chi connectivity index (χ3v) is 4.11. The highest BCUT2D eigenvalue weighted by molar-refractivity contribution is 7.89. The maximum atomic E-state index is 11.3. The number of thiocarbonyl (C=S) groups is 1. The zero-order valence-corrected chi connectivity index (χ0v) is 12.0. The summed E-state index contributed by atoms with van der Waals surface area (Å²) < 4.78 is 24.8. The lowest BCUT2D eigenvalue weighted by atomic mass is 10.1. The van der Waals surface area contributed by atoms with Crippen molar-refractivity contribution in [2.24, 2.45) is 5.73 Å². The molecule has 0 fully saturated rings. The molecule has 0 atom stereocenters. The van der Waals surface area contributed by atoms with E-state index in [1.807, 2.05) is 25.1 Å². The van der Waals surface area contributed by atoms with E-state index < -0.39 is 10.0 Å². The van der Waals surface area contributed by atoms with Crippen LogP contribution < -0.4 is 15.8 Å². The maximum absolute atomic E-state index is 11.3. The number of nitrogens with two attached hydrogens (primary N) is 1. The Morgan fingerprint density at radius 3 is 2.67 bits per heavy atom. The predicted octanol–water partition coefficient (Wildman–Crippen LogP) is 0.590. The zero-order chi connectivity index (χ0) is 13.8. The lowest BCUT2D eigenvalue weighted by Gasteiger charge is -2.14. The van der Waals surface area contributed by atoms with Crippen molar-refractivity contribution < 1.29 is 8.42 Å². The summed E-state index contributed by atoms with van der Waals surface area (Å²) in [7, 11) is -1.82. The van der Waals surface area contributed by atoms with E-state index in [0.717, 1.165) is 16.8 Å². The van der Waals surface area contributed by atoms with E-state index in [4.69, 9.17) is 18.0 Å². The molecule has 0 spiro atoms. The number of nitrogens with one attached hydrogen (secondary N) is 2. The molecule has 100 valence electrons. The molecule has 18 heavy (non-hydrogen) atoms. The first-order valence-corrected chi connectivity index (χ1v) is 7.48. The maximum Gasteiger partial charge on any atom is 0.213 e. The number of rotatable bonds is 6. The number of anilines is 1. The average Bonchev–Trinajstić information content (AvgIpc) is 2.30. The van der Waals surface area contributed by atoms with Gasteiger partial charge in [0.1, 0.15) is 4.99 Å². The summed E-state index contributed by atoms with van der Waals surface area (Å²) in [5, 5.41) is 3.07. The highest BCUT2D eigenvalue weighted by Crippen LogP contribution is 2.20. The summed E-state index contributed by atoms with van der Waals surface area (Å²) in [5.41, 5.74) is 8.12. The minimum atomic E-state index is -3.21. The van der Waals surface area contributed by atoms with Crippen LogP contribution in [-0.2, 0) is 10.0 Å². The number of hydrogen-bond donors (Lipinski definition) is 3. The second-order valence-corrected chi connectivity index (χ2v) is 6.30. The van der Waals surface area contributed by atoms with Gasteiger partial charge in [0.05, 0.1) is 5.75 Å². The summed E-state index contributed by atoms with van der Waals surface area (Å²) in [6.07, 6.45) is 0. The fourth-order valence-electron chi connectivity index (χ4n) is 1.52. The monoisotopic (exact) mass is 287 g/mol. The fraction of sp³-hybridized carbons (Fsp3) is 0.364. The van der Waals surface area contributed by atoms with Gasteiger partial charge in [-0.25, -0.2) is 13.1 Å². The minimum absolute atomic E-state index is 0.00535. The molecule has 0 saturated carbocycles. The van der Waals surface area contributed by atoms with Crippen LogP contribution in [0, 0.1) is 6.92 Å². The summed E-state index contributed by atoms with van der Waals surface area (Å²) in [6.45, 7) is 2.21. The molecule has 7 heteroatoms. The SMILES string of the molecule is CNS(=O)(=O)CCNc1c(C)cccc1C(N)=S. The lowest BCUT2D eigenvalue weighted by Crippen LogP contribution is -2.27. The van der Waals surface area contributed by atoms with Gasteiger partial charge in [0.15, 0.2) is 0 Å². The number of hydrogen-bond acceptors (Lipinski definition) is 4. The van der Waals surface area contributed by atoms with E-state index in [0.29, 0.717) is 6.54 Å². The van der Waals surface area contributed by atoms with Gasteiger partial charge in [-0.15, -0.1) is 0 Å². The molecule has 0 aliphatic carbocycles. The van der Waals surface area contributed by atoms with Crippen molar-refractivity contribution in [2.45, 2.75) is 6.92 Å². The molecule has 1 aromatic carbocycles. The van der Waals surface area contributed by atoms with Crippen LogP contribution in [0.25, 0.3) is 0 Å². The minimum Gasteiger partial charge on any atom is -0.389 e. The van der Waals surface area contributed by atoms with Gasteiger partial charge in [-0.05, 0) is 25.6 Å². The Hall–Kier alpha value is -1.18. The van der Waals surface area contributed by atoms with E-state index in [1.54, 1.807) is 0 Å². The van der Waals surface area contributed by atoms with E-state index in [1.165, 1.54) is 7.05 Å². The predicted molar refractivity (Wildman–Crippen MR) is 78.4 cm³/mol. The third-order valence-electron chi connectivity index (χ3n) is 2.52. The van der Waals surface area contributed by atoms with Crippen molar-refractivity contribution in [1.29, 1.82) is 0 Å². The van der Waals surface area contributed by atoms with Gasteiger partial charge in [-0.3, -0.25) is 0 Å². The molecule has 4 N–H and O–H groups in total. The third kappa shape index (κ3) is 3.94. The average molecular weight is 287 g/mol. The summed E-state index contributed by atoms with van der Waals surface area (Å²) in [4.78, 5) is 0.290. The molecule has 0 bridgehead atoms. The van der Waals surface area contributed by atoms with Crippen LogP contribution in [0.1, 0.15) is 11.1 Å². The highest BCUT2D eigenvalue weighted by atomic mass is 32.2. The van der Waals surface area contributed by atoms with Crippen LogP contribution in [0.3, 0.4) is 0 Å². The Morgan fingerprint density at radius 1 is 1.44 bits per heavy atom. The molecule has 5 nitrogen and oxygen atoms in total. The van der Waals surface area contributed by atoms with Crippen molar-refractivity contribution in [1.82, 2.24) is 4.72 Å². The Morgan fingerprint density at radius 2 is 2.11 bits per heavy atom. The van der Waals surface area contributed by atoms with Gasteiger partial charge in [-0.2, -0.15) is 0 Å². The summed E-state index contributed by atoms with van der Waals surface area (Å²) >= 11 is 4.96. The molecule has 1 aromatic rings. The molecule has 0 saturated heterocycles. The molecule has 0 amide bonds. The van der Waals surface area contributed by atoms with E-state index in [-0.39, 0.29) is 10.7 Å². The quantitative estimate of drug-likeness (QED) is 0.667. The number of para-hydroxylation sites is 1. The Bertz CT molecular complexity index is 541. The lowest BCUT2D eigenvalue weighted by molar-refractivity contribution is 0.588. The van der Waals surface area contributed by atoms with Crippen molar-refractivity contribution in [3.8, 4) is 0 Å². The largest absolute Gasteiger partial charge is 0.389 e. The van der Waals surface area contributed by atoms with Gasteiger partial charge in [-0.1, -0.05) is 24.4 Å². The van der Waals surface area contributed by atoms with Gasteiger partial charge in [0.25, 0.3) is 0 Å². The highest BCUT2D eigenvalue weighted by Gasteiger charge is 2.10. The molecular weight excluding hydrogens is 270 g/mol. The van der Waals surface area contributed by atoms with E-state index in [9.17, 15) is 8.42 Å². The Kier molecular flexibility index (Phi) is 5.06. The molecule has 0 heterocycles. The van der Waals surface area contributed by atoms with Crippen LogP contribution in [0.5, 0.6) is 0 Å². The van der Waals surface area contributed by atoms with Gasteiger partial charge >= 0.3 is 0 Å². The van der Waals surface area contributed by atoms with Crippen molar-refractivity contribution in [3.63, 3.8) is 0 Å². The van der Waals surface area contributed by atoms with Crippen LogP contribution >= 0.6 is 12.2 Å². The number of benzene rings is 1. The van der Waals surface area contributed by atoms with Crippen molar-refractivity contribution in [3.05, 3.63) is 29.3 Å². The molecule has 0 aromatic heterocycles. The van der Waals surface area contributed by atoms with Gasteiger partial charge in [0, 0.05) is 17.8 Å². The second-order valence-electron chi connectivity index (χ2n) is 3.81. The van der Waals surface area contributed by atoms with Crippen molar-refractivity contribution in [2.75, 3.05) is 24.7 Å². The van der Waals surface area contributed by atoms with Crippen LogP contribution in [-0.4, -0.2) is 32.8 Å². The molecule has 0 radical (unpaired) electrons. The first-order chi connectivity index (χ1) is 8.37. The fourth-order valence-corrected chi connectivity index (χ4v) is 2.27.